The fraction of sp³-hybridized carbons (Fsp3) is 0.316. The predicted molar refractivity (Wildman–Crippen MR) is 123 cm³/mol. The molecule has 0 radical (unpaired) electrons. The van der Waals surface area contributed by atoms with Crippen molar-refractivity contribution in [2.24, 2.45) is 7.05 Å². The molecule has 160 valence electrons. The molecule has 0 aliphatic rings. The van der Waals surface area contributed by atoms with Crippen molar-refractivity contribution in [3.63, 3.8) is 0 Å². The van der Waals surface area contributed by atoms with Crippen LogP contribution in [0.5, 0.6) is 11.5 Å². The van der Waals surface area contributed by atoms with Gasteiger partial charge >= 0.3 is 0 Å². The fourth-order valence-electron chi connectivity index (χ4n) is 2.65. The monoisotopic (exact) mass is 531 g/mol. The average molecular weight is 533 g/mol. The largest absolute Gasteiger partial charge is 0.493 e. The van der Waals surface area contributed by atoms with Crippen LogP contribution in [0.2, 0.25) is 10.0 Å². The maximum atomic E-state index is 6.28. The van der Waals surface area contributed by atoms with Gasteiger partial charge < -0.3 is 14.8 Å². The summed E-state index contributed by atoms with van der Waals surface area (Å²) in [6, 6.07) is 9.17. The molecule has 0 amide bonds. The lowest BCUT2D eigenvalue weighted by Crippen LogP contribution is -2.18. The minimum Gasteiger partial charge on any atom is -0.493 e. The number of benzene rings is 2. The molecule has 0 aliphatic carbocycles. The fourth-order valence-corrected chi connectivity index (χ4v) is 4.36. The van der Waals surface area contributed by atoms with Gasteiger partial charge in [-0.15, -0.1) is 5.10 Å². The van der Waals surface area contributed by atoms with Crippen LogP contribution in [-0.4, -0.2) is 39.6 Å². The highest BCUT2D eigenvalue weighted by molar-refractivity contribution is 9.10. The lowest BCUT2D eigenvalue weighted by atomic mass is 10.1. The molecule has 3 rings (SSSR count). The number of thioether (sulfide) groups is 1. The number of hydrogen-bond acceptors (Lipinski definition) is 7. The molecule has 0 fully saturated rings. The van der Waals surface area contributed by atoms with Crippen LogP contribution < -0.4 is 14.8 Å². The van der Waals surface area contributed by atoms with E-state index >= 15 is 0 Å². The average Bonchev–Trinajstić information content (AvgIpc) is 3.13. The van der Waals surface area contributed by atoms with E-state index in [2.05, 4.69) is 36.8 Å². The number of nitrogens with zero attached hydrogens (tertiary/aromatic N) is 4. The van der Waals surface area contributed by atoms with Crippen LogP contribution in [0.3, 0.4) is 0 Å². The standard InChI is InChI=1S/C19H20BrCl2N5O2S/c1-27-19(24-25-26-27)30-9-8-23-10-12-14(20)6-7-17(28-2)18(12)29-11-13-15(21)4-3-5-16(13)22/h3-7,23H,8-11H2,1-2H3. The van der Waals surface area contributed by atoms with Gasteiger partial charge in [-0.3, -0.25) is 0 Å². The van der Waals surface area contributed by atoms with Gasteiger partial charge in [0.2, 0.25) is 5.16 Å². The lowest BCUT2D eigenvalue weighted by molar-refractivity contribution is 0.280. The van der Waals surface area contributed by atoms with Crippen molar-refractivity contribution in [2.45, 2.75) is 18.3 Å². The molecule has 0 atom stereocenters. The normalized spacial score (nSPS) is 11.0. The van der Waals surface area contributed by atoms with E-state index in [9.17, 15) is 0 Å². The molecule has 0 spiro atoms. The molecule has 0 aliphatic heterocycles. The first kappa shape index (κ1) is 23.1. The molecule has 1 heterocycles. The number of hydrogen-bond donors (Lipinski definition) is 1. The molecule has 11 heteroatoms. The first-order valence-corrected chi connectivity index (χ1v) is 11.5. The summed E-state index contributed by atoms with van der Waals surface area (Å²) >= 11 is 17.7. The van der Waals surface area contributed by atoms with Crippen molar-refractivity contribution >= 4 is 50.9 Å². The SMILES string of the molecule is COc1ccc(Br)c(CNCCSc2nnnn2C)c1OCc1c(Cl)cccc1Cl. The molecule has 0 saturated heterocycles. The second-order valence-electron chi connectivity index (χ2n) is 6.16. The summed E-state index contributed by atoms with van der Waals surface area (Å²) in [6.07, 6.45) is 0. The first-order chi connectivity index (χ1) is 14.5. The lowest BCUT2D eigenvalue weighted by Gasteiger charge is -2.18. The predicted octanol–water partition coefficient (Wildman–Crippen LogP) is 4.75. The summed E-state index contributed by atoms with van der Waals surface area (Å²) in [6.45, 7) is 1.57. The zero-order chi connectivity index (χ0) is 21.5. The molecule has 0 bridgehead atoms. The Morgan fingerprint density at radius 1 is 1.17 bits per heavy atom. The van der Waals surface area contributed by atoms with Crippen LogP contribution in [0.4, 0.5) is 0 Å². The Labute approximate surface area is 197 Å². The topological polar surface area (TPSA) is 74.1 Å². The Morgan fingerprint density at radius 2 is 1.93 bits per heavy atom. The summed E-state index contributed by atoms with van der Waals surface area (Å²) in [5, 5.41) is 16.7. The number of aromatic nitrogens is 4. The highest BCUT2D eigenvalue weighted by Crippen LogP contribution is 2.37. The van der Waals surface area contributed by atoms with E-state index in [1.54, 1.807) is 41.8 Å². The van der Waals surface area contributed by atoms with E-state index in [1.165, 1.54) is 0 Å². The first-order valence-electron chi connectivity index (χ1n) is 8.98. The summed E-state index contributed by atoms with van der Waals surface area (Å²) in [4.78, 5) is 0. The summed E-state index contributed by atoms with van der Waals surface area (Å²) < 4.78 is 14.2. The van der Waals surface area contributed by atoms with Crippen LogP contribution in [-0.2, 0) is 20.2 Å². The van der Waals surface area contributed by atoms with Gasteiger partial charge in [-0.05, 0) is 34.7 Å². The molecule has 0 saturated carbocycles. The van der Waals surface area contributed by atoms with Crippen molar-refractivity contribution in [3.8, 4) is 11.5 Å². The number of halogens is 3. The molecule has 1 N–H and O–H groups in total. The Morgan fingerprint density at radius 3 is 2.60 bits per heavy atom. The number of ether oxygens (including phenoxy) is 2. The van der Waals surface area contributed by atoms with Gasteiger partial charge in [-0.1, -0.05) is 57.0 Å². The number of aryl methyl sites for hydroxylation is 1. The van der Waals surface area contributed by atoms with E-state index in [0.29, 0.717) is 28.1 Å². The van der Waals surface area contributed by atoms with Crippen LogP contribution in [0.25, 0.3) is 0 Å². The maximum Gasteiger partial charge on any atom is 0.209 e. The molecular formula is C19H20BrCl2N5O2S. The van der Waals surface area contributed by atoms with Crippen molar-refractivity contribution in [1.29, 1.82) is 0 Å². The van der Waals surface area contributed by atoms with Crippen molar-refractivity contribution in [2.75, 3.05) is 19.4 Å². The van der Waals surface area contributed by atoms with Crippen molar-refractivity contribution in [3.05, 3.63) is 56.0 Å². The Hall–Kier alpha value is -1.52. The van der Waals surface area contributed by atoms with Gasteiger partial charge in [-0.2, -0.15) is 0 Å². The molecule has 30 heavy (non-hydrogen) atoms. The minimum absolute atomic E-state index is 0.229. The quantitative estimate of drug-likeness (QED) is 0.298. The van der Waals surface area contributed by atoms with E-state index in [-0.39, 0.29) is 6.61 Å². The third-order valence-electron chi connectivity index (χ3n) is 4.20. The second kappa shape index (κ2) is 11.2. The molecule has 3 aromatic rings. The summed E-state index contributed by atoms with van der Waals surface area (Å²) in [5.41, 5.74) is 1.68. The number of methoxy groups -OCH3 is 1. The van der Waals surface area contributed by atoms with E-state index in [4.69, 9.17) is 32.7 Å². The summed E-state index contributed by atoms with van der Waals surface area (Å²) in [5.74, 6) is 2.10. The van der Waals surface area contributed by atoms with Gasteiger partial charge in [-0.25, -0.2) is 4.68 Å². The van der Waals surface area contributed by atoms with Crippen LogP contribution in [0.1, 0.15) is 11.1 Å². The Bertz CT molecular complexity index is 985. The molecule has 7 nitrogen and oxygen atoms in total. The molecule has 1 aromatic heterocycles. The third-order valence-corrected chi connectivity index (χ3v) is 6.67. The van der Waals surface area contributed by atoms with Crippen molar-refractivity contribution in [1.82, 2.24) is 25.5 Å². The zero-order valence-electron chi connectivity index (χ0n) is 16.4. The van der Waals surface area contributed by atoms with Gasteiger partial charge in [0, 0.05) is 51.5 Å². The van der Waals surface area contributed by atoms with Gasteiger partial charge in [0.1, 0.15) is 6.61 Å². The smallest absolute Gasteiger partial charge is 0.209 e. The van der Waals surface area contributed by atoms with Gasteiger partial charge in [0.25, 0.3) is 0 Å². The van der Waals surface area contributed by atoms with E-state index in [0.717, 1.165) is 33.1 Å². The van der Waals surface area contributed by atoms with Gasteiger partial charge in [0.15, 0.2) is 11.5 Å². The number of nitrogens with one attached hydrogen (secondary N) is 1. The molecular weight excluding hydrogens is 513 g/mol. The minimum atomic E-state index is 0.229. The van der Waals surface area contributed by atoms with Crippen molar-refractivity contribution < 1.29 is 9.47 Å². The molecule has 0 unspecified atom stereocenters. The van der Waals surface area contributed by atoms with Crippen LogP contribution in [0.15, 0.2) is 40.0 Å². The zero-order valence-corrected chi connectivity index (χ0v) is 20.3. The highest BCUT2D eigenvalue weighted by Gasteiger charge is 2.16. The highest BCUT2D eigenvalue weighted by atomic mass is 79.9. The Kier molecular flexibility index (Phi) is 8.64. The van der Waals surface area contributed by atoms with Gasteiger partial charge in [0.05, 0.1) is 7.11 Å². The second-order valence-corrected chi connectivity index (χ2v) is 8.89. The third kappa shape index (κ3) is 5.79. The maximum absolute atomic E-state index is 6.28. The van der Waals surface area contributed by atoms with Crippen LogP contribution >= 0.6 is 50.9 Å². The number of rotatable bonds is 10. The Balaban J connectivity index is 1.66. The van der Waals surface area contributed by atoms with E-state index in [1.807, 2.05) is 19.2 Å². The summed E-state index contributed by atoms with van der Waals surface area (Å²) in [7, 11) is 3.43. The molecule has 2 aromatic carbocycles. The number of tetrazole rings is 1. The van der Waals surface area contributed by atoms with Crippen LogP contribution in [0, 0.1) is 0 Å². The van der Waals surface area contributed by atoms with E-state index < -0.39 is 0 Å².